The third-order valence-electron chi connectivity index (χ3n) is 4.62. The van der Waals surface area contributed by atoms with E-state index in [-0.39, 0.29) is 0 Å². The van der Waals surface area contributed by atoms with Gasteiger partial charge in [-0.2, -0.15) is 0 Å². The lowest BCUT2D eigenvalue weighted by Gasteiger charge is -2.26. The van der Waals surface area contributed by atoms with Crippen LogP contribution in [0.4, 0.5) is 5.69 Å². The maximum Gasteiger partial charge on any atom is 0.174 e. The van der Waals surface area contributed by atoms with E-state index in [1.54, 1.807) is 6.26 Å². The molecule has 140 valence electrons. The smallest absolute Gasteiger partial charge is 0.174 e. The Hall–Kier alpha value is -2.59. The van der Waals surface area contributed by atoms with Crippen molar-refractivity contribution in [2.24, 2.45) is 0 Å². The predicted molar refractivity (Wildman–Crippen MR) is 116 cm³/mol. The van der Waals surface area contributed by atoms with Gasteiger partial charge in [-0.1, -0.05) is 47.5 Å². The molecule has 0 atom stereocenters. The molecule has 0 amide bonds. The van der Waals surface area contributed by atoms with Crippen LogP contribution in [0.5, 0.6) is 0 Å². The van der Waals surface area contributed by atoms with Gasteiger partial charge in [0.05, 0.1) is 12.8 Å². The van der Waals surface area contributed by atoms with E-state index >= 15 is 0 Å². The number of nitrogens with one attached hydrogen (secondary N) is 1. The molecule has 2 aromatic carbocycles. The molecule has 0 unspecified atom stereocenters. The van der Waals surface area contributed by atoms with Crippen LogP contribution in [-0.2, 0) is 13.1 Å². The van der Waals surface area contributed by atoms with Gasteiger partial charge in [-0.3, -0.25) is 0 Å². The minimum absolute atomic E-state index is 0.622. The molecule has 0 aliphatic carbocycles. The highest BCUT2D eigenvalue weighted by atomic mass is 32.1. The average molecular weight is 379 g/mol. The first kappa shape index (κ1) is 19.2. The first-order chi connectivity index (χ1) is 12.9. The number of anilines is 1. The zero-order valence-electron chi connectivity index (χ0n) is 16.4. The summed E-state index contributed by atoms with van der Waals surface area (Å²) in [6, 6.07) is 16.8. The molecule has 0 radical (unpaired) electrons. The number of thiocarbonyl (C=S) groups is 1. The number of nitrogens with zero attached hydrogens (tertiary/aromatic N) is 1. The number of hydrogen-bond donors (Lipinski definition) is 1. The van der Waals surface area contributed by atoms with Gasteiger partial charge in [-0.15, -0.1) is 0 Å². The van der Waals surface area contributed by atoms with E-state index in [1.807, 2.05) is 12.1 Å². The molecule has 0 saturated heterocycles. The van der Waals surface area contributed by atoms with Crippen LogP contribution < -0.4 is 5.32 Å². The lowest BCUT2D eigenvalue weighted by atomic mass is 10.1. The summed E-state index contributed by atoms with van der Waals surface area (Å²) in [7, 11) is 0. The minimum atomic E-state index is 0.622. The zero-order valence-corrected chi connectivity index (χ0v) is 17.2. The monoisotopic (exact) mass is 378 g/mol. The predicted octanol–water partition coefficient (Wildman–Crippen LogP) is 5.91. The van der Waals surface area contributed by atoms with Crippen LogP contribution in [-0.4, -0.2) is 10.0 Å². The molecule has 0 aliphatic rings. The average Bonchev–Trinajstić information content (AvgIpc) is 3.12. The summed E-state index contributed by atoms with van der Waals surface area (Å²) in [5.74, 6) is 0.892. The van der Waals surface area contributed by atoms with Crippen LogP contribution in [0.15, 0.2) is 59.2 Å². The van der Waals surface area contributed by atoms with Crippen LogP contribution in [0, 0.1) is 27.7 Å². The van der Waals surface area contributed by atoms with Crippen LogP contribution in [0.25, 0.3) is 0 Å². The summed E-state index contributed by atoms with van der Waals surface area (Å²) < 4.78 is 5.56. The van der Waals surface area contributed by atoms with Crippen molar-refractivity contribution in [3.8, 4) is 0 Å². The molecule has 3 nitrogen and oxygen atoms in total. The van der Waals surface area contributed by atoms with Crippen LogP contribution in [0.2, 0.25) is 0 Å². The van der Waals surface area contributed by atoms with Gasteiger partial charge in [0.15, 0.2) is 5.11 Å². The fourth-order valence-corrected chi connectivity index (χ4v) is 3.50. The third kappa shape index (κ3) is 4.98. The van der Waals surface area contributed by atoms with Crippen molar-refractivity contribution in [3.05, 3.63) is 88.4 Å². The topological polar surface area (TPSA) is 28.4 Å². The lowest BCUT2D eigenvalue weighted by molar-refractivity contribution is 0.360. The van der Waals surface area contributed by atoms with E-state index in [0.717, 1.165) is 18.0 Å². The SMILES string of the molecule is Cc1ccc(CN(Cc2ccco2)C(=S)Nc2c(C)cc(C)cc2C)cc1. The number of hydrogen-bond acceptors (Lipinski definition) is 2. The minimum Gasteiger partial charge on any atom is -0.467 e. The van der Waals surface area contributed by atoms with Gasteiger partial charge < -0.3 is 14.6 Å². The second-order valence-electron chi connectivity index (χ2n) is 7.12. The molecule has 4 heteroatoms. The zero-order chi connectivity index (χ0) is 19.4. The maximum absolute atomic E-state index is 5.78. The summed E-state index contributed by atoms with van der Waals surface area (Å²) in [6.45, 7) is 9.78. The van der Waals surface area contributed by atoms with Gasteiger partial charge in [-0.05, 0) is 68.7 Å². The normalized spacial score (nSPS) is 10.7. The van der Waals surface area contributed by atoms with E-state index in [1.165, 1.54) is 27.8 Å². The lowest BCUT2D eigenvalue weighted by Crippen LogP contribution is -2.34. The van der Waals surface area contributed by atoms with Crippen LogP contribution in [0.1, 0.15) is 33.6 Å². The first-order valence-electron chi connectivity index (χ1n) is 9.14. The largest absolute Gasteiger partial charge is 0.467 e. The first-order valence-corrected chi connectivity index (χ1v) is 9.55. The van der Waals surface area contributed by atoms with Crippen molar-refractivity contribution in [2.45, 2.75) is 40.8 Å². The number of aryl methyl sites for hydroxylation is 4. The van der Waals surface area contributed by atoms with E-state index in [9.17, 15) is 0 Å². The molecule has 0 aliphatic heterocycles. The molecular formula is C23H26N2OS. The molecule has 3 aromatic rings. The van der Waals surface area contributed by atoms with E-state index < -0.39 is 0 Å². The van der Waals surface area contributed by atoms with Crippen molar-refractivity contribution in [2.75, 3.05) is 5.32 Å². The van der Waals surface area contributed by atoms with Gasteiger partial charge in [0.25, 0.3) is 0 Å². The molecule has 3 rings (SSSR count). The summed E-state index contributed by atoms with van der Waals surface area (Å²) in [6.07, 6.45) is 1.70. The third-order valence-corrected chi connectivity index (χ3v) is 4.98. The Morgan fingerprint density at radius 3 is 2.19 bits per heavy atom. The Kier molecular flexibility index (Phi) is 5.97. The van der Waals surface area contributed by atoms with Gasteiger partial charge in [0, 0.05) is 12.2 Å². The fraction of sp³-hybridized carbons (Fsp3) is 0.261. The Morgan fingerprint density at radius 1 is 0.926 bits per heavy atom. The summed E-state index contributed by atoms with van der Waals surface area (Å²) in [4.78, 5) is 2.14. The molecule has 1 N–H and O–H groups in total. The van der Waals surface area contributed by atoms with E-state index in [0.29, 0.717) is 11.7 Å². The molecular weight excluding hydrogens is 352 g/mol. The number of rotatable bonds is 5. The van der Waals surface area contributed by atoms with Crippen molar-refractivity contribution in [1.82, 2.24) is 4.90 Å². The van der Waals surface area contributed by atoms with Crippen LogP contribution >= 0.6 is 12.2 Å². The summed E-state index contributed by atoms with van der Waals surface area (Å²) >= 11 is 5.78. The van der Waals surface area contributed by atoms with Crippen molar-refractivity contribution < 1.29 is 4.42 Å². The molecule has 0 fully saturated rings. The Bertz CT molecular complexity index is 891. The molecule has 0 saturated carbocycles. The van der Waals surface area contributed by atoms with Gasteiger partial charge in [0.2, 0.25) is 0 Å². The number of benzene rings is 2. The molecule has 27 heavy (non-hydrogen) atoms. The second-order valence-corrected chi connectivity index (χ2v) is 7.51. The van der Waals surface area contributed by atoms with E-state index in [2.05, 4.69) is 74.3 Å². The summed E-state index contributed by atoms with van der Waals surface area (Å²) in [5.41, 5.74) is 7.20. The standard InChI is InChI=1S/C23H26N2OS/c1-16-7-9-20(10-8-16)14-25(15-21-6-5-11-26-21)23(27)24-22-18(3)12-17(2)13-19(22)4/h5-13H,14-15H2,1-4H3,(H,24,27). The quantitative estimate of drug-likeness (QED) is 0.559. The van der Waals surface area contributed by atoms with Crippen LogP contribution in [0.3, 0.4) is 0 Å². The molecule has 1 aromatic heterocycles. The molecule has 1 heterocycles. The Labute approximate surface area is 167 Å². The highest BCUT2D eigenvalue weighted by Gasteiger charge is 2.15. The maximum atomic E-state index is 5.78. The highest BCUT2D eigenvalue weighted by Crippen LogP contribution is 2.23. The Morgan fingerprint density at radius 2 is 1.59 bits per heavy atom. The van der Waals surface area contributed by atoms with Gasteiger partial charge >= 0.3 is 0 Å². The Balaban J connectivity index is 1.83. The van der Waals surface area contributed by atoms with Crippen molar-refractivity contribution in [1.29, 1.82) is 0 Å². The van der Waals surface area contributed by atoms with Gasteiger partial charge in [0.1, 0.15) is 5.76 Å². The van der Waals surface area contributed by atoms with Gasteiger partial charge in [-0.25, -0.2) is 0 Å². The van der Waals surface area contributed by atoms with Crippen molar-refractivity contribution >= 4 is 23.0 Å². The number of furan rings is 1. The second kappa shape index (κ2) is 8.40. The molecule has 0 bridgehead atoms. The van der Waals surface area contributed by atoms with Crippen molar-refractivity contribution in [3.63, 3.8) is 0 Å². The highest BCUT2D eigenvalue weighted by molar-refractivity contribution is 7.80. The summed E-state index contributed by atoms with van der Waals surface area (Å²) in [5, 5.41) is 4.16. The fourth-order valence-electron chi connectivity index (χ4n) is 3.27. The molecule has 0 spiro atoms. The van der Waals surface area contributed by atoms with E-state index in [4.69, 9.17) is 16.6 Å².